The highest BCUT2D eigenvalue weighted by atomic mass is 16.5. The van der Waals surface area contributed by atoms with Crippen molar-refractivity contribution in [3.63, 3.8) is 0 Å². The van der Waals surface area contributed by atoms with Crippen molar-refractivity contribution >= 4 is 6.29 Å². The minimum Gasteiger partial charge on any atom is -0.490 e. The van der Waals surface area contributed by atoms with Crippen LogP contribution in [0, 0.1) is 0 Å². The summed E-state index contributed by atoms with van der Waals surface area (Å²) in [5.41, 5.74) is 0.500. The van der Waals surface area contributed by atoms with Gasteiger partial charge in [0.1, 0.15) is 6.61 Å². The molecular weight excluding hydrogens is 244 g/mol. The van der Waals surface area contributed by atoms with Crippen molar-refractivity contribution < 1.29 is 19.0 Å². The van der Waals surface area contributed by atoms with E-state index in [4.69, 9.17) is 14.2 Å². The SMILES string of the molecule is CCCCOCCOc1c(C=O)cccc1OCC. The number of unbranched alkanes of at least 4 members (excludes halogenated alkanes) is 1. The number of aldehydes is 1. The average Bonchev–Trinajstić information content (AvgIpc) is 2.44. The molecule has 0 aliphatic carbocycles. The van der Waals surface area contributed by atoms with E-state index in [1.165, 1.54) is 0 Å². The third-order valence-corrected chi connectivity index (χ3v) is 2.55. The zero-order valence-corrected chi connectivity index (χ0v) is 11.7. The van der Waals surface area contributed by atoms with Gasteiger partial charge in [-0.05, 0) is 25.5 Å². The fourth-order valence-corrected chi connectivity index (χ4v) is 1.60. The van der Waals surface area contributed by atoms with E-state index in [1.54, 1.807) is 18.2 Å². The van der Waals surface area contributed by atoms with Crippen molar-refractivity contribution in [1.82, 2.24) is 0 Å². The molecule has 0 amide bonds. The van der Waals surface area contributed by atoms with Crippen LogP contribution in [0.15, 0.2) is 18.2 Å². The van der Waals surface area contributed by atoms with Gasteiger partial charge in [-0.3, -0.25) is 4.79 Å². The lowest BCUT2D eigenvalue weighted by molar-refractivity contribution is 0.0955. The van der Waals surface area contributed by atoms with Crippen LogP contribution >= 0.6 is 0 Å². The summed E-state index contributed by atoms with van der Waals surface area (Å²) in [6, 6.07) is 5.28. The highest BCUT2D eigenvalue weighted by Gasteiger charge is 2.10. The Morgan fingerprint density at radius 2 is 1.95 bits per heavy atom. The van der Waals surface area contributed by atoms with E-state index in [0.717, 1.165) is 25.7 Å². The van der Waals surface area contributed by atoms with E-state index in [9.17, 15) is 4.79 Å². The zero-order valence-electron chi connectivity index (χ0n) is 11.7. The van der Waals surface area contributed by atoms with Crippen LogP contribution in [-0.2, 0) is 4.74 Å². The number of benzene rings is 1. The maximum atomic E-state index is 11.0. The van der Waals surface area contributed by atoms with Gasteiger partial charge in [0.2, 0.25) is 0 Å². The van der Waals surface area contributed by atoms with E-state index >= 15 is 0 Å². The van der Waals surface area contributed by atoms with Gasteiger partial charge in [0, 0.05) is 6.61 Å². The van der Waals surface area contributed by atoms with Crippen molar-refractivity contribution in [2.24, 2.45) is 0 Å². The van der Waals surface area contributed by atoms with Gasteiger partial charge in [0.05, 0.1) is 18.8 Å². The van der Waals surface area contributed by atoms with Gasteiger partial charge >= 0.3 is 0 Å². The van der Waals surface area contributed by atoms with Crippen molar-refractivity contribution in [2.45, 2.75) is 26.7 Å². The second-order valence-corrected chi connectivity index (χ2v) is 4.04. The number of para-hydroxylation sites is 1. The second kappa shape index (κ2) is 9.39. The molecular formula is C15H22O4. The van der Waals surface area contributed by atoms with Crippen LogP contribution in [0.5, 0.6) is 11.5 Å². The maximum absolute atomic E-state index is 11.0. The number of carbonyl (C=O) groups excluding carboxylic acids is 1. The smallest absolute Gasteiger partial charge is 0.171 e. The van der Waals surface area contributed by atoms with Gasteiger partial charge in [0.25, 0.3) is 0 Å². The maximum Gasteiger partial charge on any atom is 0.171 e. The molecule has 0 atom stereocenters. The Hall–Kier alpha value is -1.55. The molecule has 0 aliphatic heterocycles. The lowest BCUT2D eigenvalue weighted by Crippen LogP contribution is -2.09. The lowest BCUT2D eigenvalue weighted by Gasteiger charge is -2.13. The quantitative estimate of drug-likeness (QED) is 0.482. The Bertz CT molecular complexity index is 376. The molecule has 4 nitrogen and oxygen atoms in total. The van der Waals surface area contributed by atoms with Crippen LogP contribution < -0.4 is 9.47 Å². The Labute approximate surface area is 114 Å². The number of carbonyl (C=O) groups is 1. The van der Waals surface area contributed by atoms with Crippen molar-refractivity contribution in [2.75, 3.05) is 26.4 Å². The fraction of sp³-hybridized carbons (Fsp3) is 0.533. The molecule has 0 saturated heterocycles. The molecule has 0 heterocycles. The first-order valence-electron chi connectivity index (χ1n) is 6.75. The largest absolute Gasteiger partial charge is 0.490 e. The Kier molecular flexibility index (Phi) is 7.66. The van der Waals surface area contributed by atoms with Crippen LogP contribution in [0.3, 0.4) is 0 Å². The minimum atomic E-state index is 0.411. The number of rotatable bonds is 10. The van der Waals surface area contributed by atoms with Crippen LogP contribution in [-0.4, -0.2) is 32.7 Å². The highest BCUT2D eigenvalue weighted by molar-refractivity contribution is 5.81. The average molecular weight is 266 g/mol. The lowest BCUT2D eigenvalue weighted by atomic mass is 10.2. The Morgan fingerprint density at radius 1 is 1.11 bits per heavy atom. The van der Waals surface area contributed by atoms with E-state index < -0.39 is 0 Å². The molecule has 0 aromatic heterocycles. The van der Waals surface area contributed by atoms with Gasteiger partial charge in [-0.15, -0.1) is 0 Å². The molecule has 1 aromatic rings. The summed E-state index contributed by atoms with van der Waals surface area (Å²) in [6.07, 6.45) is 2.94. The summed E-state index contributed by atoms with van der Waals surface area (Å²) < 4.78 is 16.5. The van der Waals surface area contributed by atoms with Crippen molar-refractivity contribution in [3.05, 3.63) is 23.8 Å². The third kappa shape index (κ3) is 5.30. The van der Waals surface area contributed by atoms with Gasteiger partial charge in [0.15, 0.2) is 17.8 Å². The van der Waals surface area contributed by atoms with Gasteiger partial charge in [-0.25, -0.2) is 0 Å². The predicted molar refractivity (Wildman–Crippen MR) is 74.2 cm³/mol. The van der Waals surface area contributed by atoms with Crippen molar-refractivity contribution in [3.8, 4) is 11.5 Å². The molecule has 19 heavy (non-hydrogen) atoms. The molecule has 0 fully saturated rings. The molecule has 4 heteroatoms. The molecule has 0 aliphatic rings. The molecule has 0 spiro atoms. The Balaban J connectivity index is 2.52. The summed E-state index contributed by atoms with van der Waals surface area (Å²) in [7, 11) is 0. The zero-order chi connectivity index (χ0) is 13.9. The van der Waals surface area contributed by atoms with Crippen LogP contribution in [0.1, 0.15) is 37.0 Å². The molecule has 0 saturated carbocycles. The number of hydrogen-bond acceptors (Lipinski definition) is 4. The summed E-state index contributed by atoms with van der Waals surface area (Å²) in [5.74, 6) is 1.10. The molecule has 0 radical (unpaired) electrons. The second-order valence-electron chi connectivity index (χ2n) is 4.04. The van der Waals surface area contributed by atoms with Crippen LogP contribution in [0.25, 0.3) is 0 Å². The summed E-state index contributed by atoms with van der Waals surface area (Å²) in [5, 5.41) is 0. The number of ether oxygens (including phenoxy) is 3. The topological polar surface area (TPSA) is 44.8 Å². The predicted octanol–water partition coefficient (Wildman–Crippen LogP) is 3.09. The van der Waals surface area contributed by atoms with E-state index in [-0.39, 0.29) is 0 Å². The normalized spacial score (nSPS) is 10.2. The minimum absolute atomic E-state index is 0.411. The fourth-order valence-electron chi connectivity index (χ4n) is 1.60. The molecule has 0 bridgehead atoms. The standard InChI is InChI=1S/C15H22O4/c1-3-5-9-17-10-11-19-15-13(12-16)7-6-8-14(15)18-4-2/h6-8,12H,3-5,9-11H2,1-2H3. The molecule has 0 N–H and O–H groups in total. The first kappa shape index (κ1) is 15.5. The van der Waals surface area contributed by atoms with Gasteiger partial charge in [-0.1, -0.05) is 19.4 Å². The van der Waals surface area contributed by atoms with Gasteiger partial charge in [-0.2, -0.15) is 0 Å². The summed E-state index contributed by atoms with van der Waals surface area (Å²) >= 11 is 0. The van der Waals surface area contributed by atoms with Gasteiger partial charge < -0.3 is 14.2 Å². The first-order chi connectivity index (χ1) is 9.33. The monoisotopic (exact) mass is 266 g/mol. The first-order valence-corrected chi connectivity index (χ1v) is 6.75. The Morgan fingerprint density at radius 3 is 2.63 bits per heavy atom. The van der Waals surface area contributed by atoms with Crippen LogP contribution in [0.2, 0.25) is 0 Å². The molecule has 0 unspecified atom stereocenters. The molecule has 106 valence electrons. The summed E-state index contributed by atoms with van der Waals surface area (Å²) in [4.78, 5) is 11.0. The van der Waals surface area contributed by atoms with E-state index in [0.29, 0.717) is 36.9 Å². The number of hydrogen-bond donors (Lipinski definition) is 0. The highest BCUT2D eigenvalue weighted by Crippen LogP contribution is 2.30. The third-order valence-electron chi connectivity index (χ3n) is 2.55. The van der Waals surface area contributed by atoms with Crippen LogP contribution in [0.4, 0.5) is 0 Å². The molecule has 1 aromatic carbocycles. The summed E-state index contributed by atoms with van der Waals surface area (Å²) in [6.45, 7) is 6.21. The van der Waals surface area contributed by atoms with E-state index in [2.05, 4.69) is 6.92 Å². The van der Waals surface area contributed by atoms with E-state index in [1.807, 2.05) is 6.92 Å². The molecule has 1 rings (SSSR count). The van der Waals surface area contributed by atoms with Crippen molar-refractivity contribution in [1.29, 1.82) is 0 Å².